The molecule has 7 heteroatoms. The Hall–Kier alpha value is 1.40. The summed E-state index contributed by atoms with van der Waals surface area (Å²) >= 11 is 0. The van der Waals surface area contributed by atoms with Gasteiger partial charge in [-0.05, 0) is 41.5 Å². The molecule has 1 aliphatic rings. The van der Waals surface area contributed by atoms with E-state index in [2.05, 4.69) is 4.74 Å². The van der Waals surface area contributed by atoms with Crippen molar-refractivity contribution in [3.8, 4) is 0 Å². The summed E-state index contributed by atoms with van der Waals surface area (Å²) in [6.45, 7) is 14.9. The molecule has 0 aromatic rings. The molecule has 3 N–H and O–H groups in total. The Kier molecular flexibility index (Phi) is 60.6. The van der Waals surface area contributed by atoms with Gasteiger partial charge in [-0.2, -0.15) is 0 Å². The van der Waals surface area contributed by atoms with Crippen molar-refractivity contribution in [3.63, 3.8) is 0 Å². The summed E-state index contributed by atoms with van der Waals surface area (Å²) in [5, 5.41) is 16.6. The minimum absolute atomic E-state index is 0. The number of hydrogen-bond acceptors (Lipinski definition) is 6. The molecule has 0 radical (unpaired) electrons. The monoisotopic (exact) mass is 400 g/mol. The average Bonchev–Trinajstić information content (AvgIpc) is 3.09. The van der Waals surface area contributed by atoms with Gasteiger partial charge in [0.05, 0.1) is 50.8 Å². The van der Waals surface area contributed by atoms with Crippen molar-refractivity contribution in [2.75, 3.05) is 39.6 Å². The van der Waals surface area contributed by atoms with Crippen molar-refractivity contribution in [2.45, 2.75) is 82.5 Å². The van der Waals surface area contributed by atoms with Crippen molar-refractivity contribution in [3.05, 3.63) is 0 Å². The van der Waals surface area contributed by atoms with Crippen LogP contribution < -0.4 is 51.4 Å². The molecule has 1 heterocycles. The van der Waals surface area contributed by atoms with Gasteiger partial charge in [0, 0.05) is 0 Å². The first kappa shape index (κ1) is 50.3. The predicted molar refractivity (Wildman–Crippen MR) is 105 cm³/mol. The predicted octanol–water partition coefficient (Wildman–Crippen LogP) is 0.976. The molecule has 0 bridgehead atoms. The third-order valence-corrected chi connectivity index (χ3v) is 1.46. The summed E-state index contributed by atoms with van der Waals surface area (Å²) in [7, 11) is 0. The molecule has 0 aromatic carbocycles. The van der Waals surface area contributed by atoms with E-state index in [1.807, 2.05) is 41.5 Å². The minimum Gasteiger partial charge on any atom is -0.870 e. The number of ether oxygens (including phenoxy) is 3. The molecule has 1 aliphatic heterocycles. The molecule has 0 spiro atoms. The van der Waals surface area contributed by atoms with E-state index in [9.17, 15) is 0 Å². The Morgan fingerprint density at radius 2 is 0.920 bits per heavy atom. The second-order valence-corrected chi connectivity index (χ2v) is 5.98. The maximum absolute atomic E-state index is 8.30. The van der Waals surface area contributed by atoms with E-state index in [-0.39, 0.29) is 111 Å². The SMILES string of the molecule is C.C.C.C.C1CO1.CC(C)(C)OCCO.CC(C)(C)OCCO.[K+].[OH-]. The van der Waals surface area contributed by atoms with Gasteiger partial charge in [0.25, 0.3) is 0 Å². The minimum atomic E-state index is -0.108. The third kappa shape index (κ3) is 90.5. The Morgan fingerprint density at radius 1 is 0.720 bits per heavy atom. The van der Waals surface area contributed by atoms with Crippen LogP contribution in [0.3, 0.4) is 0 Å². The van der Waals surface area contributed by atoms with E-state index >= 15 is 0 Å². The molecule has 0 aromatic heterocycles. The van der Waals surface area contributed by atoms with Crippen LogP contribution in [0.5, 0.6) is 0 Å². The zero-order valence-electron chi connectivity index (χ0n) is 14.8. The summed E-state index contributed by atoms with van der Waals surface area (Å²) < 4.78 is 14.8. The molecule has 0 unspecified atom stereocenters. The topological polar surface area (TPSA) is 101 Å². The molecule has 1 rings (SSSR count). The van der Waals surface area contributed by atoms with E-state index < -0.39 is 0 Å². The summed E-state index contributed by atoms with van der Waals surface area (Å²) in [6.07, 6.45) is 0. The van der Waals surface area contributed by atoms with Crippen molar-refractivity contribution in [1.29, 1.82) is 0 Å². The Bertz CT molecular complexity index is 168. The van der Waals surface area contributed by atoms with Gasteiger partial charge in [0.2, 0.25) is 0 Å². The van der Waals surface area contributed by atoms with Crippen LogP contribution in [0, 0.1) is 0 Å². The van der Waals surface area contributed by atoms with Gasteiger partial charge < -0.3 is 29.9 Å². The largest absolute Gasteiger partial charge is 1.00 e. The van der Waals surface area contributed by atoms with Crippen LogP contribution in [-0.4, -0.2) is 66.5 Å². The number of epoxide rings is 1. The molecule has 158 valence electrons. The molecule has 1 saturated heterocycles. The van der Waals surface area contributed by atoms with Gasteiger partial charge >= 0.3 is 51.4 Å². The molecule has 0 aliphatic carbocycles. The zero-order valence-corrected chi connectivity index (χ0v) is 17.9. The van der Waals surface area contributed by atoms with Crippen LogP contribution in [0.1, 0.15) is 71.2 Å². The first-order valence-corrected chi connectivity index (χ1v) is 6.70. The van der Waals surface area contributed by atoms with E-state index in [4.69, 9.17) is 19.7 Å². The van der Waals surface area contributed by atoms with E-state index in [0.29, 0.717) is 13.2 Å². The number of aliphatic hydroxyl groups is 2. The molecule has 0 saturated carbocycles. The van der Waals surface area contributed by atoms with Crippen LogP contribution in [0.25, 0.3) is 0 Å². The summed E-state index contributed by atoms with van der Waals surface area (Å²) in [4.78, 5) is 0. The quantitative estimate of drug-likeness (QED) is 0.539. The fourth-order valence-corrected chi connectivity index (χ4v) is 0.704. The van der Waals surface area contributed by atoms with E-state index in [1.54, 1.807) is 0 Å². The van der Waals surface area contributed by atoms with Crippen molar-refractivity contribution >= 4 is 0 Å². The molecular weight excluding hydrogens is 351 g/mol. The van der Waals surface area contributed by atoms with Crippen molar-refractivity contribution < 1.29 is 81.3 Å². The van der Waals surface area contributed by atoms with Crippen LogP contribution in [0.4, 0.5) is 0 Å². The third-order valence-electron chi connectivity index (χ3n) is 1.46. The van der Waals surface area contributed by atoms with Gasteiger partial charge in [-0.3, -0.25) is 0 Å². The first-order chi connectivity index (χ1) is 8.62. The summed E-state index contributed by atoms with van der Waals surface area (Å²) in [5.41, 5.74) is -0.217. The maximum atomic E-state index is 8.30. The Balaban J connectivity index is -0.0000000272. The molecule has 25 heavy (non-hydrogen) atoms. The van der Waals surface area contributed by atoms with Crippen LogP contribution >= 0.6 is 0 Å². The number of hydrogen-bond donors (Lipinski definition) is 2. The first-order valence-electron chi connectivity index (χ1n) is 6.70. The van der Waals surface area contributed by atoms with Gasteiger partial charge in [0.1, 0.15) is 0 Å². The average molecular weight is 401 g/mol. The van der Waals surface area contributed by atoms with Gasteiger partial charge in [-0.25, -0.2) is 0 Å². The molecule has 6 nitrogen and oxygen atoms in total. The fraction of sp³-hybridized carbons (Fsp3) is 1.00. The second kappa shape index (κ2) is 30.1. The normalized spacial score (nSPS) is 10.6. The van der Waals surface area contributed by atoms with Crippen molar-refractivity contribution in [1.82, 2.24) is 0 Å². The smallest absolute Gasteiger partial charge is 0.870 e. The molecule has 1 fully saturated rings. The number of aliphatic hydroxyl groups excluding tert-OH is 2. The summed E-state index contributed by atoms with van der Waals surface area (Å²) in [5.74, 6) is 0. The van der Waals surface area contributed by atoms with E-state index in [0.717, 1.165) is 13.2 Å². The van der Waals surface area contributed by atoms with E-state index in [1.165, 1.54) is 0 Å². The molecule has 0 amide bonds. The van der Waals surface area contributed by atoms with Crippen LogP contribution in [0.2, 0.25) is 0 Å². The maximum Gasteiger partial charge on any atom is 1.00 e. The molecule has 0 atom stereocenters. The van der Waals surface area contributed by atoms with Gasteiger partial charge in [-0.1, -0.05) is 29.7 Å². The fourth-order valence-electron chi connectivity index (χ4n) is 0.704. The van der Waals surface area contributed by atoms with Crippen molar-refractivity contribution in [2.24, 2.45) is 0 Å². The summed E-state index contributed by atoms with van der Waals surface area (Å²) in [6, 6.07) is 0. The zero-order chi connectivity index (χ0) is 15.4. The van der Waals surface area contributed by atoms with Gasteiger partial charge in [0.15, 0.2) is 0 Å². The Morgan fingerprint density at radius 3 is 0.960 bits per heavy atom. The van der Waals surface area contributed by atoms with Gasteiger partial charge in [-0.15, -0.1) is 0 Å². The standard InChI is InChI=1S/2C6H14O2.C2H4O.4CH4.K.H2O/c2*1-6(2,3)8-5-4-7;1-2-3-1;;;;;;/h2*7H,4-5H2,1-3H3;1-2H2;4*1H4;;1H2/q;;;;;;;+1;/p-1. The van der Waals surface area contributed by atoms with Crippen LogP contribution in [-0.2, 0) is 14.2 Å². The van der Waals surface area contributed by atoms with Crippen LogP contribution in [0.15, 0.2) is 0 Å². The Labute approximate surface area is 201 Å². The number of rotatable bonds is 4. The molecular formula is C18H49KO6. The second-order valence-electron chi connectivity index (χ2n) is 5.98.